The highest BCUT2D eigenvalue weighted by Gasteiger charge is 2.24. The van der Waals surface area contributed by atoms with Gasteiger partial charge in [-0.3, -0.25) is 9.69 Å². The first-order valence-electron chi connectivity index (χ1n) is 10.2. The number of para-hydroxylation sites is 1. The van der Waals surface area contributed by atoms with Gasteiger partial charge in [-0.25, -0.2) is 9.97 Å². The summed E-state index contributed by atoms with van der Waals surface area (Å²) in [5.41, 5.74) is 3.35. The molecule has 0 saturated carbocycles. The van der Waals surface area contributed by atoms with Crippen LogP contribution in [0.5, 0.6) is 0 Å². The van der Waals surface area contributed by atoms with E-state index in [1.807, 2.05) is 37.3 Å². The van der Waals surface area contributed by atoms with Crippen LogP contribution >= 0.6 is 0 Å². The Hall–Kier alpha value is -3.05. The van der Waals surface area contributed by atoms with Crippen LogP contribution in [0.25, 0.3) is 0 Å². The number of rotatable bonds is 5. The maximum absolute atomic E-state index is 12.6. The normalized spacial score (nSPS) is 17.1. The lowest BCUT2D eigenvalue weighted by Gasteiger charge is -2.32. The van der Waals surface area contributed by atoms with E-state index in [0.717, 1.165) is 49.7 Å². The summed E-state index contributed by atoms with van der Waals surface area (Å²) >= 11 is 0. The van der Waals surface area contributed by atoms with Crippen molar-refractivity contribution in [3.63, 3.8) is 0 Å². The largest absolute Gasteiger partial charge is 0.322 e. The van der Waals surface area contributed by atoms with Crippen LogP contribution in [0.15, 0.2) is 66.9 Å². The van der Waals surface area contributed by atoms with Crippen molar-refractivity contribution < 1.29 is 4.79 Å². The zero-order chi connectivity index (χ0) is 20.1. The molecule has 1 saturated heterocycles. The summed E-state index contributed by atoms with van der Waals surface area (Å²) in [5, 5.41) is 2.91. The number of nitrogens with one attached hydrogen (secondary N) is 1. The predicted molar refractivity (Wildman–Crippen MR) is 115 cm³/mol. The number of carbonyl (C=O) groups excluding carboxylic acids is 1. The Morgan fingerprint density at radius 3 is 2.55 bits per heavy atom. The average molecular weight is 386 g/mol. The Morgan fingerprint density at radius 1 is 1.10 bits per heavy atom. The van der Waals surface area contributed by atoms with E-state index in [0.29, 0.717) is 11.5 Å². The third-order valence-corrected chi connectivity index (χ3v) is 5.39. The number of amides is 1. The lowest BCUT2D eigenvalue weighted by atomic mass is 9.96. The van der Waals surface area contributed by atoms with Gasteiger partial charge < -0.3 is 5.32 Å². The standard InChI is InChI=1S/C24H26N4O/c1-18-22(24(29)27-21-12-6-3-7-13-21)15-25-23(26-18)20-11-8-14-28(17-20)16-19-9-4-2-5-10-19/h2-7,9-10,12-13,15,20H,8,11,14,16-17H2,1H3,(H,27,29)/t20-/m0/s1. The number of nitrogens with zero attached hydrogens (tertiary/aromatic N) is 3. The van der Waals surface area contributed by atoms with Crippen LogP contribution in [-0.2, 0) is 6.54 Å². The number of piperidine rings is 1. The van der Waals surface area contributed by atoms with E-state index in [1.54, 1.807) is 6.20 Å². The monoisotopic (exact) mass is 386 g/mol. The number of likely N-dealkylation sites (tertiary alicyclic amines) is 1. The van der Waals surface area contributed by atoms with Crippen LogP contribution in [0.3, 0.4) is 0 Å². The highest BCUT2D eigenvalue weighted by Crippen LogP contribution is 2.26. The fraction of sp³-hybridized carbons (Fsp3) is 0.292. The van der Waals surface area contributed by atoms with Gasteiger partial charge in [-0.2, -0.15) is 0 Å². The van der Waals surface area contributed by atoms with Crippen molar-refractivity contribution in [3.8, 4) is 0 Å². The minimum absolute atomic E-state index is 0.172. The minimum atomic E-state index is -0.172. The van der Waals surface area contributed by atoms with Gasteiger partial charge in [-0.05, 0) is 44.0 Å². The zero-order valence-electron chi connectivity index (χ0n) is 16.7. The van der Waals surface area contributed by atoms with E-state index in [4.69, 9.17) is 4.98 Å². The molecule has 29 heavy (non-hydrogen) atoms. The summed E-state index contributed by atoms with van der Waals surface area (Å²) in [6.07, 6.45) is 3.89. The Morgan fingerprint density at radius 2 is 1.83 bits per heavy atom. The molecule has 2 heterocycles. The van der Waals surface area contributed by atoms with Gasteiger partial charge in [-0.1, -0.05) is 48.5 Å². The van der Waals surface area contributed by atoms with Gasteiger partial charge in [0, 0.05) is 30.9 Å². The molecule has 5 nitrogen and oxygen atoms in total. The molecule has 1 aliphatic heterocycles. The van der Waals surface area contributed by atoms with Crippen molar-refractivity contribution in [2.24, 2.45) is 0 Å². The molecule has 2 aromatic carbocycles. The van der Waals surface area contributed by atoms with Crippen molar-refractivity contribution in [1.29, 1.82) is 0 Å². The van der Waals surface area contributed by atoms with Gasteiger partial charge in [0.05, 0.1) is 11.3 Å². The van der Waals surface area contributed by atoms with Crippen LogP contribution in [0.2, 0.25) is 0 Å². The van der Waals surface area contributed by atoms with Gasteiger partial charge >= 0.3 is 0 Å². The quantitative estimate of drug-likeness (QED) is 0.705. The van der Waals surface area contributed by atoms with E-state index in [1.165, 1.54) is 5.56 Å². The van der Waals surface area contributed by atoms with Crippen molar-refractivity contribution in [3.05, 3.63) is 89.5 Å². The Labute approximate surface area is 171 Å². The van der Waals surface area contributed by atoms with Gasteiger partial charge in [0.25, 0.3) is 5.91 Å². The molecule has 0 spiro atoms. The van der Waals surface area contributed by atoms with Gasteiger partial charge in [0.1, 0.15) is 5.82 Å². The highest BCUT2D eigenvalue weighted by atomic mass is 16.1. The van der Waals surface area contributed by atoms with Crippen LogP contribution in [0.4, 0.5) is 5.69 Å². The fourth-order valence-electron chi connectivity index (χ4n) is 3.88. The van der Waals surface area contributed by atoms with E-state index in [9.17, 15) is 4.79 Å². The number of hydrogen-bond acceptors (Lipinski definition) is 4. The molecule has 0 bridgehead atoms. The summed E-state index contributed by atoms with van der Waals surface area (Å²) in [5.74, 6) is 0.975. The van der Waals surface area contributed by atoms with E-state index in [-0.39, 0.29) is 5.91 Å². The molecule has 1 fully saturated rings. The number of aryl methyl sites for hydroxylation is 1. The average Bonchev–Trinajstić information content (AvgIpc) is 2.75. The first-order valence-corrected chi connectivity index (χ1v) is 10.2. The number of carbonyl (C=O) groups is 1. The van der Waals surface area contributed by atoms with E-state index < -0.39 is 0 Å². The molecule has 1 atom stereocenters. The van der Waals surface area contributed by atoms with Crippen molar-refractivity contribution in [2.75, 3.05) is 18.4 Å². The second-order valence-electron chi connectivity index (χ2n) is 7.61. The van der Waals surface area contributed by atoms with Crippen molar-refractivity contribution in [1.82, 2.24) is 14.9 Å². The SMILES string of the molecule is Cc1nc([C@H]2CCCN(Cc3ccccc3)C2)ncc1C(=O)Nc1ccccc1. The molecule has 1 aromatic heterocycles. The van der Waals surface area contributed by atoms with Crippen LogP contribution in [-0.4, -0.2) is 33.9 Å². The van der Waals surface area contributed by atoms with E-state index >= 15 is 0 Å². The summed E-state index contributed by atoms with van der Waals surface area (Å²) in [7, 11) is 0. The summed E-state index contributed by atoms with van der Waals surface area (Å²) in [6.45, 7) is 4.88. The molecule has 1 N–H and O–H groups in total. The molecule has 0 aliphatic carbocycles. The predicted octanol–water partition coefficient (Wildman–Crippen LogP) is 4.42. The molecule has 0 unspecified atom stereocenters. The van der Waals surface area contributed by atoms with Crippen LogP contribution < -0.4 is 5.32 Å². The maximum Gasteiger partial charge on any atom is 0.259 e. The lowest BCUT2D eigenvalue weighted by molar-refractivity contribution is 0.102. The summed E-state index contributed by atoms with van der Waals surface area (Å²) in [6, 6.07) is 20.0. The lowest BCUT2D eigenvalue weighted by Crippen LogP contribution is -2.34. The molecule has 4 rings (SSSR count). The van der Waals surface area contributed by atoms with Crippen LogP contribution in [0.1, 0.15) is 46.2 Å². The van der Waals surface area contributed by atoms with Crippen molar-refractivity contribution >= 4 is 11.6 Å². The zero-order valence-corrected chi connectivity index (χ0v) is 16.7. The minimum Gasteiger partial charge on any atom is -0.322 e. The highest BCUT2D eigenvalue weighted by molar-refractivity contribution is 6.04. The molecular weight excluding hydrogens is 360 g/mol. The van der Waals surface area contributed by atoms with E-state index in [2.05, 4.69) is 45.5 Å². The van der Waals surface area contributed by atoms with Crippen molar-refractivity contribution in [2.45, 2.75) is 32.2 Å². The molecule has 5 heteroatoms. The Kier molecular flexibility index (Phi) is 5.96. The number of benzene rings is 2. The summed E-state index contributed by atoms with van der Waals surface area (Å²) in [4.78, 5) is 24.3. The molecule has 148 valence electrons. The first kappa shape index (κ1) is 19.3. The smallest absolute Gasteiger partial charge is 0.259 e. The number of aromatic nitrogens is 2. The van der Waals surface area contributed by atoms with Gasteiger partial charge in [0.15, 0.2) is 0 Å². The van der Waals surface area contributed by atoms with Gasteiger partial charge in [0.2, 0.25) is 0 Å². The third kappa shape index (κ3) is 4.87. The topological polar surface area (TPSA) is 58.1 Å². The van der Waals surface area contributed by atoms with Crippen LogP contribution in [0, 0.1) is 6.92 Å². The first-order chi connectivity index (χ1) is 14.2. The maximum atomic E-state index is 12.6. The van der Waals surface area contributed by atoms with Gasteiger partial charge in [-0.15, -0.1) is 0 Å². The molecule has 1 amide bonds. The number of hydrogen-bond donors (Lipinski definition) is 1. The second kappa shape index (κ2) is 8.97. The molecular formula is C24H26N4O. The fourth-order valence-corrected chi connectivity index (χ4v) is 3.88. The third-order valence-electron chi connectivity index (χ3n) is 5.39. The Balaban J connectivity index is 1.43. The molecule has 0 radical (unpaired) electrons. The molecule has 3 aromatic rings. The Bertz CT molecular complexity index is 959. The second-order valence-corrected chi connectivity index (χ2v) is 7.61. The molecule has 1 aliphatic rings. The number of anilines is 1. The summed E-state index contributed by atoms with van der Waals surface area (Å²) < 4.78 is 0.